The number of unbranched alkanes of at least 4 members (excludes halogenated alkanes) is 1. The number of nitrogens with one attached hydrogen (secondary N) is 1. The van der Waals surface area contributed by atoms with Gasteiger partial charge in [-0.2, -0.15) is 0 Å². The maximum absolute atomic E-state index is 8.21. The second kappa shape index (κ2) is 7.59. The van der Waals surface area contributed by atoms with Crippen LogP contribution < -0.4 is 5.32 Å². The van der Waals surface area contributed by atoms with Crippen molar-refractivity contribution in [3.63, 3.8) is 0 Å². The standard InChI is InChI=1S/C6H14N2O/c1-7-4-2-3-5-8-6-9/h5,7,9H,2-4,6H2,1H3/b8-5-. The Hall–Kier alpha value is -0.410. The molecule has 0 saturated heterocycles. The second-order valence-electron chi connectivity index (χ2n) is 1.75. The minimum absolute atomic E-state index is 0.0838. The van der Waals surface area contributed by atoms with Crippen LogP contribution in [-0.2, 0) is 0 Å². The fourth-order valence-corrected chi connectivity index (χ4v) is 0.519. The highest BCUT2D eigenvalue weighted by Crippen LogP contribution is 1.80. The Morgan fingerprint density at radius 1 is 1.67 bits per heavy atom. The lowest BCUT2D eigenvalue weighted by molar-refractivity contribution is 0.309. The molecule has 0 saturated carbocycles. The van der Waals surface area contributed by atoms with Crippen LogP contribution in [0.3, 0.4) is 0 Å². The maximum atomic E-state index is 8.21. The summed E-state index contributed by atoms with van der Waals surface area (Å²) < 4.78 is 0. The molecular formula is C6H14N2O. The Kier molecular flexibility index (Phi) is 7.24. The van der Waals surface area contributed by atoms with Crippen molar-refractivity contribution in [3.05, 3.63) is 0 Å². The first kappa shape index (κ1) is 8.59. The van der Waals surface area contributed by atoms with Crippen LogP contribution in [0.1, 0.15) is 12.8 Å². The first-order valence-corrected chi connectivity index (χ1v) is 3.15. The topological polar surface area (TPSA) is 44.6 Å². The minimum Gasteiger partial charge on any atom is -0.375 e. The van der Waals surface area contributed by atoms with Gasteiger partial charge >= 0.3 is 0 Å². The van der Waals surface area contributed by atoms with Gasteiger partial charge in [-0.25, -0.2) is 0 Å². The third kappa shape index (κ3) is 7.59. The number of hydrogen-bond acceptors (Lipinski definition) is 3. The van der Waals surface area contributed by atoms with E-state index in [-0.39, 0.29) is 6.73 Å². The molecule has 0 rings (SSSR count). The fourth-order valence-electron chi connectivity index (χ4n) is 0.519. The summed E-state index contributed by atoms with van der Waals surface area (Å²) in [6.45, 7) is 0.928. The van der Waals surface area contributed by atoms with Gasteiger partial charge in [0.25, 0.3) is 0 Å². The van der Waals surface area contributed by atoms with E-state index < -0.39 is 0 Å². The van der Waals surface area contributed by atoms with Crippen LogP contribution in [0.4, 0.5) is 0 Å². The van der Waals surface area contributed by atoms with Gasteiger partial charge in [-0.05, 0) is 26.4 Å². The normalized spacial score (nSPS) is 10.9. The molecule has 0 unspecified atom stereocenters. The monoisotopic (exact) mass is 130 g/mol. The summed E-state index contributed by atoms with van der Waals surface area (Å²) in [6, 6.07) is 0. The van der Waals surface area contributed by atoms with Crippen molar-refractivity contribution in [2.75, 3.05) is 20.3 Å². The van der Waals surface area contributed by atoms with Crippen LogP contribution in [-0.4, -0.2) is 31.6 Å². The Labute approximate surface area is 55.8 Å². The van der Waals surface area contributed by atoms with Crippen LogP contribution in [0.25, 0.3) is 0 Å². The number of aliphatic hydroxyl groups excluding tert-OH is 1. The molecule has 0 aromatic rings. The molecular weight excluding hydrogens is 116 g/mol. The van der Waals surface area contributed by atoms with E-state index >= 15 is 0 Å². The van der Waals surface area contributed by atoms with E-state index in [1.807, 2.05) is 7.05 Å². The Bertz CT molecular complexity index is 73.5. The average Bonchev–Trinajstić information content (AvgIpc) is 1.89. The van der Waals surface area contributed by atoms with Gasteiger partial charge in [-0.1, -0.05) is 0 Å². The zero-order valence-electron chi connectivity index (χ0n) is 5.80. The van der Waals surface area contributed by atoms with Crippen molar-refractivity contribution in [1.29, 1.82) is 0 Å². The SMILES string of the molecule is CNCCC/C=N\CO. The Balaban J connectivity index is 2.82. The van der Waals surface area contributed by atoms with Crippen molar-refractivity contribution in [3.8, 4) is 0 Å². The molecule has 0 atom stereocenters. The number of nitrogens with zero attached hydrogens (tertiary/aromatic N) is 1. The largest absolute Gasteiger partial charge is 0.375 e. The highest BCUT2D eigenvalue weighted by Gasteiger charge is 1.79. The molecule has 0 aromatic heterocycles. The van der Waals surface area contributed by atoms with Crippen LogP contribution in [0.5, 0.6) is 0 Å². The van der Waals surface area contributed by atoms with Gasteiger partial charge in [0, 0.05) is 6.21 Å². The van der Waals surface area contributed by atoms with E-state index in [1.165, 1.54) is 0 Å². The number of rotatable bonds is 5. The van der Waals surface area contributed by atoms with Crippen LogP contribution in [0, 0.1) is 0 Å². The molecule has 0 aliphatic heterocycles. The van der Waals surface area contributed by atoms with Crippen molar-refractivity contribution < 1.29 is 5.11 Å². The van der Waals surface area contributed by atoms with E-state index in [4.69, 9.17) is 5.11 Å². The zero-order chi connectivity index (χ0) is 6.95. The van der Waals surface area contributed by atoms with Gasteiger partial charge in [0.05, 0.1) is 0 Å². The Morgan fingerprint density at radius 3 is 3.00 bits per heavy atom. The summed E-state index contributed by atoms with van der Waals surface area (Å²) in [5.74, 6) is 0. The van der Waals surface area contributed by atoms with Gasteiger partial charge < -0.3 is 10.4 Å². The number of aliphatic hydroxyl groups is 1. The predicted molar refractivity (Wildman–Crippen MR) is 38.7 cm³/mol. The second-order valence-corrected chi connectivity index (χ2v) is 1.75. The summed E-state index contributed by atoms with van der Waals surface area (Å²) in [5.41, 5.74) is 0. The molecule has 2 N–H and O–H groups in total. The average molecular weight is 130 g/mol. The van der Waals surface area contributed by atoms with Crippen LogP contribution >= 0.6 is 0 Å². The summed E-state index contributed by atoms with van der Waals surface area (Å²) >= 11 is 0. The van der Waals surface area contributed by atoms with Gasteiger partial charge in [0.2, 0.25) is 0 Å². The first-order valence-electron chi connectivity index (χ1n) is 3.15. The van der Waals surface area contributed by atoms with E-state index in [2.05, 4.69) is 10.3 Å². The lowest BCUT2D eigenvalue weighted by atomic mass is 10.3. The van der Waals surface area contributed by atoms with E-state index in [0.29, 0.717) is 0 Å². The maximum Gasteiger partial charge on any atom is 0.133 e. The van der Waals surface area contributed by atoms with Gasteiger partial charge in [-0.15, -0.1) is 0 Å². The molecule has 3 nitrogen and oxygen atoms in total. The lowest BCUT2D eigenvalue weighted by Gasteiger charge is -1.91. The molecule has 0 spiro atoms. The molecule has 0 aliphatic rings. The van der Waals surface area contributed by atoms with Crippen LogP contribution in [0.15, 0.2) is 4.99 Å². The molecule has 54 valence electrons. The Morgan fingerprint density at radius 2 is 2.44 bits per heavy atom. The van der Waals surface area contributed by atoms with Gasteiger partial charge in [0.15, 0.2) is 0 Å². The molecule has 3 heteroatoms. The fraction of sp³-hybridized carbons (Fsp3) is 0.833. The predicted octanol–water partition coefficient (Wildman–Crippen LogP) is 0.00660. The first-order chi connectivity index (χ1) is 4.41. The van der Waals surface area contributed by atoms with Crippen molar-refractivity contribution in [1.82, 2.24) is 5.32 Å². The summed E-state index contributed by atoms with van der Waals surface area (Å²) in [5, 5.41) is 11.2. The molecule has 0 radical (unpaired) electrons. The van der Waals surface area contributed by atoms with E-state index in [9.17, 15) is 0 Å². The number of aliphatic imine (C=N–C) groups is 1. The summed E-state index contributed by atoms with van der Waals surface area (Å²) in [7, 11) is 1.92. The number of hydrogen-bond donors (Lipinski definition) is 2. The van der Waals surface area contributed by atoms with Gasteiger partial charge in [0.1, 0.15) is 6.73 Å². The van der Waals surface area contributed by atoms with Crippen LogP contribution in [0.2, 0.25) is 0 Å². The summed E-state index contributed by atoms with van der Waals surface area (Å²) in [6.07, 6.45) is 3.78. The van der Waals surface area contributed by atoms with Crippen molar-refractivity contribution >= 4 is 6.21 Å². The quantitative estimate of drug-likeness (QED) is 0.406. The smallest absolute Gasteiger partial charge is 0.133 e. The highest BCUT2D eigenvalue weighted by atomic mass is 16.3. The lowest BCUT2D eigenvalue weighted by Crippen LogP contribution is -2.07. The summed E-state index contributed by atoms with van der Waals surface area (Å²) in [4.78, 5) is 3.65. The third-order valence-electron chi connectivity index (χ3n) is 0.971. The highest BCUT2D eigenvalue weighted by molar-refractivity contribution is 5.56. The van der Waals surface area contributed by atoms with Crippen molar-refractivity contribution in [2.24, 2.45) is 4.99 Å². The minimum atomic E-state index is -0.0838. The third-order valence-corrected chi connectivity index (χ3v) is 0.971. The molecule has 9 heavy (non-hydrogen) atoms. The molecule has 0 aromatic carbocycles. The van der Waals surface area contributed by atoms with Gasteiger partial charge in [-0.3, -0.25) is 4.99 Å². The van der Waals surface area contributed by atoms with E-state index in [0.717, 1.165) is 19.4 Å². The molecule has 0 fully saturated rings. The zero-order valence-corrected chi connectivity index (χ0v) is 5.80. The molecule has 0 amide bonds. The molecule has 0 bridgehead atoms. The molecule has 0 aliphatic carbocycles. The molecule has 0 heterocycles. The van der Waals surface area contributed by atoms with E-state index in [1.54, 1.807) is 6.21 Å². The van der Waals surface area contributed by atoms with Crippen molar-refractivity contribution in [2.45, 2.75) is 12.8 Å².